The van der Waals surface area contributed by atoms with E-state index in [0.717, 1.165) is 55.0 Å². The minimum atomic E-state index is 0.274. The third kappa shape index (κ3) is 3.17. The molecule has 2 aromatic rings. The molecule has 4 rings (SSSR count). The van der Waals surface area contributed by atoms with Crippen LogP contribution in [-0.2, 0) is 0 Å². The molecule has 1 fully saturated rings. The summed E-state index contributed by atoms with van der Waals surface area (Å²) in [5, 5.41) is 4.85. The Hall–Kier alpha value is -1.42. The van der Waals surface area contributed by atoms with Gasteiger partial charge in [-0.15, -0.1) is 0 Å². The fourth-order valence-corrected chi connectivity index (χ4v) is 4.61. The van der Waals surface area contributed by atoms with Crippen molar-refractivity contribution < 1.29 is 4.74 Å². The summed E-state index contributed by atoms with van der Waals surface area (Å²) >= 11 is 12.6. The van der Waals surface area contributed by atoms with Gasteiger partial charge < -0.3 is 15.0 Å². The fourth-order valence-electron chi connectivity index (χ4n) is 4.09. The molecule has 0 aromatic heterocycles. The minimum absolute atomic E-state index is 0.274. The van der Waals surface area contributed by atoms with Crippen LogP contribution in [0.4, 0.5) is 5.69 Å². The summed E-state index contributed by atoms with van der Waals surface area (Å²) in [7, 11) is 2.13. The van der Waals surface area contributed by atoms with Crippen LogP contribution in [0, 0.1) is 0 Å². The lowest BCUT2D eigenvalue weighted by Gasteiger charge is -2.25. The van der Waals surface area contributed by atoms with Gasteiger partial charge in [-0.1, -0.05) is 36.2 Å². The van der Waals surface area contributed by atoms with Crippen molar-refractivity contribution in [3.63, 3.8) is 0 Å². The molecule has 1 saturated heterocycles. The van der Waals surface area contributed by atoms with Crippen LogP contribution in [-0.4, -0.2) is 32.8 Å². The summed E-state index contributed by atoms with van der Waals surface area (Å²) in [6.45, 7) is 5.17. The van der Waals surface area contributed by atoms with Crippen molar-refractivity contribution in [1.29, 1.82) is 0 Å². The van der Waals surface area contributed by atoms with E-state index in [1.165, 1.54) is 5.56 Å². The van der Waals surface area contributed by atoms with Crippen LogP contribution in [0.15, 0.2) is 30.3 Å². The second kappa shape index (κ2) is 7.30. The number of nitrogens with zero attached hydrogens (tertiary/aromatic N) is 1. The molecule has 2 aliphatic heterocycles. The predicted molar refractivity (Wildman–Crippen MR) is 110 cm³/mol. The quantitative estimate of drug-likeness (QED) is 0.761. The number of hydrogen-bond donors (Lipinski definition) is 1. The second-order valence-electron chi connectivity index (χ2n) is 7.22. The van der Waals surface area contributed by atoms with E-state index in [9.17, 15) is 0 Å². The van der Waals surface area contributed by atoms with Gasteiger partial charge in [0.2, 0.25) is 0 Å². The fraction of sp³-hybridized carbons (Fsp3) is 0.429. The first-order valence-electron chi connectivity index (χ1n) is 9.30. The van der Waals surface area contributed by atoms with Gasteiger partial charge in [0.25, 0.3) is 0 Å². The number of fused-ring (bicyclic) bond motifs is 3. The zero-order valence-corrected chi connectivity index (χ0v) is 16.7. The molecule has 3 nitrogen and oxygen atoms in total. The van der Waals surface area contributed by atoms with Gasteiger partial charge in [0.05, 0.1) is 5.69 Å². The van der Waals surface area contributed by atoms with Crippen molar-refractivity contribution in [2.75, 3.05) is 31.6 Å². The normalized spacial score (nSPS) is 21.1. The topological polar surface area (TPSA) is 24.5 Å². The molecule has 2 aliphatic rings. The average molecular weight is 391 g/mol. The van der Waals surface area contributed by atoms with Crippen LogP contribution in [0.1, 0.15) is 31.2 Å². The molecular formula is C21H24Cl2N2O. The zero-order valence-electron chi connectivity index (χ0n) is 15.2. The lowest BCUT2D eigenvalue weighted by molar-refractivity contribution is 0.172. The molecule has 1 N–H and O–H groups in total. The predicted octanol–water partition coefficient (Wildman–Crippen LogP) is 5.34. The van der Waals surface area contributed by atoms with Crippen molar-refractivity contribution in [2.24, 2.45) is 0 Å². The van der Waals surface area contributed by atoms with E-state index in [0.29, 0.717) is 16.0 Å². The Kier molecular flexibility index (Phi) is 5.05. The maximum Gasteiger partial charge on any atom is 0.146 e. The van der Waals surface area contributed by atoms with E-state index >= 15 is 0 Å². The average Bonchev–Trinajstić information content (AvgIpc) is 3.00. The summed E-state index contributed by atoms with van der Waals surface area (Å²) in [5.41, 5.74) is 4.58. The molecule has 0 bridgehead atoms. The van der Waals surface area contributed by atoms with Crippen molar-refractivity contribution >= 4 is 28.9 Å². The number of hydrogen-bond acceptors (Lipinski definition) is 3. The third-order valence-corrected chi connectivity index (χ3v) is 5.95. The minimum Gasteiger partial charge on any atom is -0.487 e. The molecule has 5 heteroatoms. The summed E-state index contributed by atoms with van der Waals surface area (Å²) in [4.78, 5) is 2.29. The summed E-state index contributed by atoms with van der Waals surface area (Å²) in [6.07, 6.45) is 2.41. The lowest BCUT2D eigenvalue weighted by atomic mass is 9.88. The van der Waals surface area contributed by atoms with Gasteiger partial charge >= 0.3 is 0 Å². The molecular weight excluding hydrogens is 367 g/mol. The largest absolute Gasteiger partial charge is 0.487 e. The lowest BCUT2D eigenvalue weighted by Crippen LogP contribution is -2.37. The highest BCUT2D eigenvalue weighted by Gasteiger charge is 2.38. The van der Waals surface area contributed by atoms with Gasteiger partial charge in [-0.2, -0.15) is 0 Å². The molecule has 26 heavy (non-hydrogen) atoms. The van der Waals surface area contributed by atoms with Crippen LogP contribution in [0.25, 0.3) is 11.1 Å². The van der Waals surface area contributed by atoms with Gasteiger partial charge in [0.1, 0.15) is 11.9 Å². The van der Waals surface area contributed by atoms with E-state index in [4.69, 9.17) is 27.9 Å². The summed E-state index contributed by atoms with van der Waals surface area (Å²) < 4.78 is 6.41. The van der Waals surface area contributed by atoms with Crippen LogP contribution >= 0.6 is 23.2 Å². The number of anilines is 1. The van der Waals surface area contributed by atoms with Gasteiger partial charge in [0, 0.05) is 47.2 Å². The maximum absolute atomic E-state index is 6.50. The van der Waals surface area contributed by atoms with Gasteiger partial charge in [0.15, 0.2) is 0 Å². The van der Waals surface area contributed by atoms with E-state index in [1.54, 1.807) is 0 Å². The van der Waals surface area contributed by atoms with E-state index < -0.39 is 0 Å². The number of nitrogens with one attached hydrogen (secondary N) is 1. The van der Waals surface area contributed by atoms with Crippen LogP contribution in [0.2, 0.25) is 10.0 Å². The highest BCUT2D eigenvalue weighted by Crippen LogP contribution is 2.48. The standard InChI is InChI=1S/C21H24Cl2N2O/c1-3-8-25(2)19-10-13(15-5-4-14(22)11-18(15)23)9-16-17-12-24-7-6-20(17)26-21(16)19/h4-5,9-11,17,20,24H,3,6-8,12H2,1-2H3. The van der Waals surface area contributed by atoms with E-state index in [-0.39, 0.29) is 6.10 Å². The summed E-state index contributed by atoms with van der Waals surface area (Å²) in [6, 6.07) is 10.2. The number of benzene rings is 2. The maximum atomic E-state index is 6.50. The number of ether oxygens (including phenoxy) is 1. The first kappa shape index (κ1) is 18.0. The van der Waals surface area contributed by atoms with Crippen LogP contribution < -0.4 is 15.0 Å². The number of piperidine rings is 1. The molecule has 138 valence electrons. The van der Waals surface area contributed by atoms with E-state index in [2.05, 4.69) is 36.3 Å². The molecule has 0 radical (unpaired) electrons. The molecule has 2 unspecified atom stereocenters. The first-order valence-corrected chi connectivity index (χ1v) is 10.1. The Morgan fingerprint density at radius 1 is 1.23 bits per heavy atom. The van der Waals surface area contributed by atoms with Crippen LogP contribution in [0.3, 0.4) is 0 Å². The molecule has 2 atom stereocenters. The first-order chi connectivity index (χ1) is 12.6. The SMILES string of the molecule is CCCN(C)c1cc(-c2ccc(Cl)cc2Cl)cc2c1OC1CCNCC21. The molecule has 2 aromatic carbocycles. The molecule has 0 saturated carbocycles. The van der Waals surface area contributed by atoms with Crippen LogP contribution in [0.5, 0.6) is 5.75 Å². The Morgan fingerprint density at radius 3 is 2.85 bits per heavy atom. The third-order valence-electron chi connectivity index (χ3n) is 5.40. The molecule has 2 heterocycles. The van der Waals surface area contributed by atoms with Crippen molar-refractivity contribution in [1.82, 2.24) is 5.32 Å². The smallest absolute Gasteiger partial charge is 0.146 e. The van der Waals surface area contributed by atoms with Crippen molar-refractivity contribution in [3.8, 4) is 16.9 Å². The zero-order chi connectivity index (χ0) is 18.3. The highest BCUT2D eigenvalue weighted by atomic mass is 35.5. The van der Waals surface area contributed by atoms with E-state index in [1.807, 2.05) is 18.2 Å². The Labute approximate surface area is 165 Å². The summed E-state index contributed by atoms with van der Waals surface area (Å²) in [5.74, 6) is 1.45. The van der Waals surface area contributed by atoms with Gasteiger partial charge in [-0.25, -0.2) is 0 Å². The number of rotatable bonds is 4. The number of halogens is 2. The Bertz CT molecular complexity index is 824. The second-order valence-corrected chi connectivity index (χ2v) is 8.06. The molecule has 0 aliphatic carbocycles. The van der Waals surface area contributed by atoms with Crippen molar-refractivity contribution in [3.05, 3.63) is 45.9 Å². The highest BCUT2D eigenvalue weighted by molar-refractivity contribution is 6.36. The monoisotopic (exact) mass is 390 g/mol. The Morgan fingerprint density at radius 2 is 2.08 bits per heavy atom. The Balaban J connectivity index is 1.85. The molecule has 0 amide bonds. The van der Waals surface area contributed by atoms with Gasteiger partial charge in [-0.3, -0.25) is 0 Å². The van der Waals surface area contributed by atoms with Crippen molar-refractivity contribution in [2.45, 2.75) is 31.8 Å². The van der Waals surface area contributed by atoms with Gasteiger partial charge in [-0.05, 0) is 49.2 Å². The molecule has 0 spiro atoms.